The summed E-state index contributed by atoms with van der Waals surface area (Å²) in [6.45, 7) is 15.6. The number of methoxy groups -OCH3 is 1. The van der Waals surface area contributed by atoms with E-state index in [0.717, 1.165) is 44.9 Å². The molecule has 4 aliphatic carbocycles. The summed E-state index contributed by atoms with van der Waals surface area (Å²) >= 11 is 0. The predicted molar refractivity (Wildman–Crippen MR) is 138 cm³/mol. The van der Waals surface area contributed by atoms with E-state index in [4.69, 9.17) is 9.47 Å². The van der Waals surface area contributed by atoms with Crippen molar-refractivity contribution in [3.63, 3.8) is 0 Å². The van der Waals surface area contributed by atoms with Crippen molar-refractivity contribution < 1.29 is 23.9 Å². The van der Waals surface area contributed by atoms with Crippen LogP contribution in [0.5, 0.6) is 0 Å². The zero-order chi connectivity index (χ0) is 26.5. The minimum atomic E-state index is -0.578. The molecule has 200 valence electrons. The maximum atomic E-state index is 14.3. The van der Waals surface area contributed by atoms with Gasteiger partial charge in [-0.2, -0.15) is 0 Å². The normalized spacial score (nSPS) is 49.8. The second-order valence-corrected chi connectivity index (χ2v) is 14.8. The van der Waals surface area contributed by atoms with Crippen LogP contribution in [0, 0.1) is 44.8 Å². The van der Waals surface area contributed by atoms with Gasteiger partial charge in [0.1, 0.15) is 5.60 Å². The topological polar surface area (TPSA) is 69.7 Å². The Morgan fingerprint density at radius 3 is 2.28 bits per heavy atom. The van der Waals surface area contributed by atoms with E-state index in [9.17, 15) is 14.4 Å². The van der Waals surface area contributed by atoms with E-state index in [1.165, 1.54) is 12.7 Å². The summed E-state index contributed by atoms with van der Waals surface area (Å²) in [4.78, 5) is 39.7. The molecule has 5 rings (SSSR count). The van der Waals surface area contributed by atoms with Crippen LogP contribution in [0.15, 0.2) is 11.6 Å². The zero-order valence-corrected chi connectivity index (χ0v) is 23.7. The van der Waals surface area contributed by atoms with E-state index in [0.29, 0.717) is 12.8 Å². The molecule has 0 N–H and O–H groups in total. The van der Waals surface area contributed by atoms with Crippen molar-refractivity contribution in [1.82, 2.24) is 0 Å². The highest BCUT2D eigenvalue weighted by Gasteiger charge is 2.69. The van der Waals surface area contributed by atoms with Crippen LogP contribution in [-0.2, 0) is 23.9 Å². The maximum absolute atomic E-state index is 14.3. The summed E-state index contributed by atoms with van der Waals surface area (Å²) in [5.74, 6) is 0.200. The third kappa shape index (κ3) is 3.22. The van der Waals surface area contributed by atoms with Gasteiger partial charge in [-0.1, -0.05) is 33.3 Å². The second kappa shape index (κ2) is 7.69. The SMILES string of the molecule is COC(=O)[C@@]1(C)CC[C@]2(C)CC[C@]3(C)C(=CC(=O)C4[C@@]5(C)CCC(=O)OC(C)(C)C5CC[C@]43C)[C@@H]2C1. The summed E-state index contributed by atoms with van der Waals surface area (Å²) < 4.78 is 11.2. The lowest BCUT2D eigenvalue weighted by atomic mass is 9.35. The fourth-order valence-electron chi connectivity index (χ4n) is 10.3. The highest BCUT2D eigenvalue weighted by molar-refractivity contribution is 5.96. The van der Waals surface area contributed by atoms with E-state index < -0.39 is 11.0 Å². The number of hydrogen-bond donors (Lipinski definition) is 0. The molecule has 0 radical (unpaired) electrons. The zero-order valence-electron chi connectivity index (χ0n) is 23.7. The van der Waals surface area contributed by atoms with Crippen molar-refractivity contribution in [2.45, 2.75) is 112 Å². The van der Waals surface area contributed by atoms with Gasteiger partial charge in [0.2, 0.25) is 0 Å². The van der Waals surface area contributed by atoms with Crippen LogP contribution in [-0.4, -0.2) is 30.4 Å². The van der Waals surface area contributed by atoms with Crippen molar-refractivity contribution in [3.05, 3.63) is 11.6 Å². The monoisotopic (exact) mass is 498 g/mol. The van der Waals surface area contributed by atoms with Gasteiger partial charge in [-0.15, -0.1) is 0 Å². The van der Waals surface area contributed by atoms with Gasteiger partial charge in [0, 0.05) is 18.3 Å². The molecule has 0 aromatic heterocycles. The third-order valence-electron chi connectivity index (χ3n) is 12.6. The highest BCUT2D eigenvalue weighted by Crippen LogP contribution is 2.74. The number of hydrogen-bond acceptors (Lipinski definition) is 5. The quantitative estimate of drug-likeness (QED) is 0.389. The summed E-state index contributed by atoms with van der Waals surface area (Å²) in [7, 11) is 1.49. The Labute approximate surface area is 217 Å². The van der Waals surface area contributed by atoms with Crippen LogP contribution in [0.1, 0.15) is 106 Å². The standard InChI is InChI=1S/C31H46O5/c1-26(2)22-9-12-31(7)24(29(22,5)11-10-23(33)36-26)21(32)17-19-20-18-28(4,25(34)35-8)14-13-27(20,3)15-16-30(19,31)6/h17,20,22,24H,9-16,18H2,1-8H3/t20-,22?,24?,27+,28-,29-,30+,31+/m0/s1. The van der Waals surface area contributed by atoms with Crippen molar-refractivity contribution in [1.29, 1.82) is 0 Å². The first-order chi connectivity index (χ1) is 16.6. The molecular formula is C31H46O5. The number of esters is 2. The Kier molecular flexibility index (Phi) is 5.55. The molecule has 5 aliphatic rings. The molecule has 3 saturated carbocycles. The first-order valence-electron chi connectivity index (χ1n) is 14.1. The van der Waals surface area contributed by atoms with E-state index in [-0.39, 0.29) is 57.1 Å². The van der Waals surface area contributed by atoms with Gasteiger partial charge in [0.25, 0.3) is 0 Å². The van der Waals surface area contributed by atoms with Crippen LogP contribution in [0.25, 0.3) is 0 Å². The highest BCUT2D eigenvalue weighted by atomic mass is 16.6. The van der Waals surface area contributed by atoms with Gasteiger partial charge in [-0.3, -0.25) is 14.4 Å². The molecule has 0 amide bonds. The largest absolute Gasteiger partial charge is 0.469 e. The summed E-state index contributed by atoms with van der Waals surface area (Å²) in [6.07, 6.45) is 9.78. The van der Waals surface area contributed by atoms with Crippen LogP contribution >= 0.6 is 0 Å². The number of cyclic esters (lactones) is 1. The first kappa shape index (κ1) is 26.0. The number of fused-ring (bicyclic) bond motifs is 7. The lowest BCUT2D eigenvalue weighted by Crippen LogP contribution is -2.65. The van der Waals surface area contributed by atoms with Gasteiger partial charge >= 0.3 is 11.9 Å². The van der Waals surface area contributed by atoms with Gasteiger partial charge in [0.05, 0.1) is 12.5 Å². The molecule has 2 unspecified atom stereocenters. The lowest BCUT2D eigenvalue weighted by Gasteiger charge is -2.68. The van der Waals surface area contributed by atoms with Crippen LogP contribution in [0.4, 0.5) is 0 Å². The molecule has 5 nitrogen and oxygen atoms in total. The van der Waals surface area contributed by atoms with E-state index in [1.54, 1.807) is 0 Å². The lowest BCUT2D eigenvalue weighted by molar-refractivity contribution is -0.188. The third-order valence-corrected chi connectivity index (χ3v) is 12.6. The molecular weight excluding hydrogens is 452 g/mol. The molecule has 5 heteroatoms. The molecule has 1 heterocycles. The molecule has 1 saturated heterocycles. The summed E-state index contributed by atoms with van der Waals surface area (Å²) in [5.41, 5.74) is -0.288. The van der Waals surface area contributed by atoms with Gasteiger partial charge < -0.3 is 9.47 Å². The van der Waals surface area contributed by atoms with Gasteiger partial charge in [-0.25, -0.2) is 0 Å². The van der Waals surface area contributed by atoms with E-state index in [2.05, 4.69) is 34.6 Å². The van der Waals surface area contributed by atoms with Crippen LogP contribution < -0.4 is 0 Å². The van der Waals surface area contributed by atoms with Crippen molar-refractivity contribution in [3.8, 4) is 0 Å². The Morgan fingerprint density at radius 2 is 1.61 bits per heavy atom. The van der Waals surface area contributed by atoms with Crippen molar-refractivity contribution >= 4 is 17.7 Å². The molecule has 0 spiro atoms. The molecule has 0 bridgehead atoms. The minimum Gasteiger partial charge on any atom is -0.469 e. The van der Waals surface area contributed by atoms with Gasteiger partial charge in [-0.05, 0) is 106 Å². The van der Waals surface area contributed by atoms with Gasteiger partial charge in [0.15, 0.2) is 5.78 Å². The van der Waals surface area contributed by atoms with Crippen molar-refractivity contribution in [2.24, 2.45) is 44.8 Å². The molecule has 0 aromatic carbocycles. The molecule has 0 aromatic rings. The number of ether oxygens (including phenoxy) is 2. The van der Waals surface area contributed by atoms with Crippen LogP contribution in [0.3, 0.4) is 0 Å². The maximum Gasteiger partial charge on any atom is 0.311 e. The molecule has 1 aliphatic heterocycles. The predicted octanol–water partition coefficient (Wildman–Crippen LogP) is 6.44. The summed E-state index contributed by atoms with van der Waals surface area (Å²) in [6, 6.07) is 0. The smallest absolute Gasteiger partial charge is 0.311 e. The molecule has 4 fully saturated rings. The first-order valence-corrected chi connectivity index (χ1v) is 14.1. The fraction of sp³-hybridized carbons (Fsp3) is 0.839. The average molecular weight is 499 g/mol. The second-order valence-electron chi connectivity index (χ2n) is 14.8. The average Bonchev–Trinajstić information content (AvgIpc) is 2.88. The molecule has 36 heavy (non-hydrogen) atoms. The Hall–Kier alpha value is -1.65. The minimum absolute atomic E-state index is 0.105. The number of carbonyl (C=O) groups excluding carboxylic acids is 3. The Morgan fingerprint density at radius 1 is 0.944 bits per heavy atom. The molecule has 8 atom stereocenters. The number of rotatable bonds is 1. The number of allylic oxidation sites excluding steroid dienone is 2. The van der Waals surface area contributed by atoms with E-state index >= 15 is 0 Å². The van der Waals surface area contributed by atoms with E-state index in [1.807, 2.05) is 19.9 Å². The fourth-order valence-corrected chi connectivity index (χ4v) is 10.3. The van der Waals surface area contributed by atoms with Crippen molar-refractivity contribution in [2.75, 3.05) is 7.11 Å². The summed E-state index contributed by atoms with van der Waals surface area (Å²) in [5, 5.41) is 0. The van der Waals surface area contributed by atoms with Crippen LogP contribution in [0.2, 0.25) is 0 Å². The number of ketones is 1. The Balaban J connectivity index is 1.62. The Bertz CT molecular complexity index is 1040. The number of carbonyl (C=O) groups is 3.